The zero-order valence-electron chi connectivity index (χ0n) is 6.59. The highest BCUT2D eigenvalue weighted by molar-refractivity contribution is 7.54. The van der Waals surface area contributed by atoms with Gasteiger partial charge in [-0.05, 0) is 6.92 Å². The molecule has 0 saturated heterocycles. The second-order valence-corrected chi connectivity index (χ2v) is 4.36. The maximum Gasteiger partial charge on any atom is 0.334 e. The first-order valence-electron chi connectivity index (χ1n) is 2.89. The summed E-state index contributed by atoms with van der Waals surface area (Å²) in [5.41, 5.74) is 0.798. The first kappa shape index (κ1) is 9.89. The molecule has 0 aliphatic rings. The van der Waals surface area contributed by atoms with E-state index < -0.39 is 7.60 Å². The van der Waals surface area contributed by atoms with E-state index in [2.05, 4.69) is 15.6 Å². The molecule has 4 heteroatoms. The van der Waals surface area contributed by atoms with Gasteiger partial charge in [0.05, 0.1) is 6.16 Å². The minimum atomic E-state index is -2.84. The van der Waals surface area contributed by atoms with Crippen LogP contribution >= 0.6 is 7.60 Å². The second-order valence-electron chi connectivity index (χ2n) is 2.09. The molecule has 0 spiro atoms. The fraction of sp³-hybridized carbons (Fsp3) is 0.667. The predicted octanol–water partition coefficient (Wildman–Crippen LogP) is 2.05. The van der Waals surface area contributed by atoms with Crippen LogP contribution in [0.1, 0.15) is 6.92 Å². The minimum absolute atomic E-state index is 0.292. The average Bonchev–Trinajstić information content (AvgIpc) is 1.87. The van der Waals surface area contributed by atoms with Crippen LogP contribution in [0.5, 0.6) is 0 Å². The van der Waals surface area contributed by atoms with Crippen molar-refractivity contribution in [3.05, 3.63) is 12.2 Å². The molecule has 0 N–H and O–H groups in total. The summed E-state index contributed by atoms with van der Waals surface area (Å²) in [6, 6.07) is 0. The predicted molar refractivity (Wildman–Crippen MR) is 41.3 cm³/mol. The molecule has 0 aromatic rings. The van der Waals surface area contributed by atoms with E-state index in [0.29, 0.717) is 6.16 Å². The van der Waals surface area contributed by atoms with Crippen molar-refractivity contribution in [1.82, 2.24) is 0 Å². The number of rotatable bonds is 4. The molecule has 0 bridgehead atoms. The lowest BCUT2D eigenvalue weighted by Gasteiger charge is -2.12. The van der Waals surface area contributed by atoms with Gasteiger partial charge in [-0.3, -0.25) is 4.57 Å². The summed E-state index contributed by atoms with van der Waals surface area (Å²) in [6.45, 7) is 5.39. The number of hydrogen-bond acceptors (Lipinski definition) is 3. The number of allylic oxidation sites excluding steroid dienone is 1. The van der Waals surface area contributed by atoms with Crippen LogP contribution in [0.2, 0.25) is 0 Å². The van der Waals surface area contributed by atoms with Crippen LogP contribution < -0.4 is 0 Å². The normalized spacial score (nSPS) is 11.5. The molecule has 3 nitrogen and oxygen atoms in total. The fourth-order valence-electron chi connectivity index (χ4n) is 0.534. The third kappa shape index (κ3) is 3.16. The van der Waals surface area contributed by atoms with Crippen LogP contribution in [0, 0.1) is 0 Å². The van der Waals surface area contributed by atoms with E-state index in [-0.39, 0.29) is 0 Å². The van der Waals surface area contributed by atoms with Crippen molar-refractivity contribution in [3.63, 3.8) is 0 Å². The van der Waals surface area contributed by atoms with E-state index in [0.717, 1.165) is 5.57 Å². The maximum absolute atomic E-state index is 11.3. The molecule has 0 heterocycles. The summed E-state index contributed by atoms with van der Waals surface area (Å²) in [5.74, 6) is 0. The summed E-state index contributed by atoms with van der Waals surface area (Å²) in [6.07, 6.45) is 0.292. The Kier molecular flexibility index (Phi) is 3.87. The maximum atomic E-state index is 11.3. The van der Waals surface area contributed by atoms with Gasteiger partial charge in [0.1, 0.15) is 0 Å². The smallest absolute Gasteiger partial charge is 0.312 e. The van der Waals surface area contributed by atoms with E-state index in [1.54, 1.807) is 6.92 Å². The third-order valence-electron chi connectivity index (χ3n) is 1.02. The Bertz CT molecular complexity index is 156. The minimum Gasteiger partial charge on any atom is -0.312 e. The van der Waals surface area contributed by atoms with Gasteiger partial charge in [0.15, 0.2) is 0 Å². The Hall–Kier alpha value is -0.110. The van der Waals surface area contributed by atoms with Gasteiger partial charge in [0.2, 0.25) is 0 Å². The van der Waals surface area contributed by atoms with Crippen LogP contribution in [-0.2, 0) is 13.6 Å². The quantitative estimate of drug-likeness (QED) is 0.471. The summed E-state index contributed by atoms with van der Waals surface area (Å²) < 4.78 is 20.6. The van der Waals surface area contributed by atoms with E-state index in [4.69, 9.17) is 0 Å². The Morgan fingerprint density at radius 3 is 2.00 bits per heavy atom. The molecule has 0 amide bonds. The first-order chi connectivity index (χ1) is 4.54. The molecule has 60 valence electrons. The van der Waals surface area contributed by atoms with Crippen molar-refractivity contribution in [2.24, 2.45) is 0 Å². The molecule has 0 fully saturated rings. The van der Waals surface area contributed by atoms with Crippen molar-refractivity contribution in [3.8, 4) is 0 Å². The molecule has 0 aliphatic heterocycles. The molecular formula is C6H13O3P. The standard InChI is InChI=1S/C6H13O3P/c1-6(2)5-10(7,8-3)9-4/h1,5H2,2-4H3. The van der Waals surface area contributed by atoms with Crippen molar-refractivity contribution in [2.45, 2.75) is 6.92 Å². The van der Waals surface area contributed by atoms with E-state index in [9.17, 15) is 4.57 Å². The Morgan fingerprint density at radius 2 is 1.90 bits per heavy atom. The Morgan fingerprint density at radius 1 is 1.50 bits per heavy atom. The lowest BCUT2D eigenvalue weighted by atomic mass is 10.4. The fourth-order valence-corrected chi connectivity index (χ4v) is 1.60. The monoisotopic (exact) mass is 164 g/mol. The number of hydrogen-bond donors (Lipinski definition) is 0. The second kappa shape index (κ2) is 3.91. The molecule has 0 rings (SSSR count). The van der Waals surface area contributed by atoms with Crippen molar-refractivity contribution in [2.75, 3.05) is 20.4 Å². The van der Waals surface area contributed by atoms with Gasteiger partial charge in [-0.15, -0.1) is 0 Å². The van der Waals surface area contributed by atoms with Crippen LogP contribution in [-0.4, -0.2) is 20.4 Å². The topological polar surface area (TPSA) is 35.5 Å². The highest BCUT2D eigenvalue weighted by Gasteiger charge is 2.19. The molecule has 0 atom stereocenters. The van der Waals surface area contributed by atoms with Crippen molar-refractivity contribution >= 4 is 7.60 Å². The van der Waals surface area contributed by atoms with Crippen LogP contribution in [0.25, 0.3) is 0 Å². The Balaban J connectivity index is 4.07. The zero-order chi connectivity index (χ0) is 8.20. The van der Waals surface area contributed by atoms with Crippen molar-refractivity contribution < 1.29 is 13.6 Å². The zero-order valence-corrected chi connectivity index (χ0v) is 7.48. The van der Waals surface area contributed by atoms with Gasteiger partial charge in [0, 0.05) is 14.2 Å². The van der Waals surface area contributed by atoms with Gasteiger partial charge in [-0.2, -0.15) is 0 Å². The van der Waals surface area contributed by atoms with Gasteiger partial charge >= 0.3 is 7.60 Å². The van der Waals surface area contributed by atoms with E-state index >= 15 is 0 Å². The summed E-state index contributed by atoms with van der Waals surface area (Å²) in [4.78, 5) is 0. The largest absolute Gasteiger partial charge is 0.334 e. The highest BCUT2D eigenvalue weighted by atomic mass is 31.2. The first-order valence-corrected chi connectivity index (χ1v) is 4.62. The van der Waals surface area contributed by atoms with Gasteiger partial charge < -0.3 is 9.05 Å². The molecule has 10 heavy (non-hydrogen) atoms. The van der Waals surface area contributed by atoms with Gasteiger partial charge in [-0.25, -0.2) is 0 Å². The van der Waals surface area contributed by atoms with Crippen LogP contribution in [0.3, 0.4) is 0 Å². The molecular weight excluding hydrogens is 151 g/mol. The van der Waals surface area contributed by atoms with E-state index in [1.165, 1.54) is 14.2 Å². The SMILES string of the molecule is C=C(C)CP(=O)(OC)OC. The molecule has 0 aromatic carbocycles. The summed E-state index contributed by atoms with van der Waals surface area (Å²) >= 11 is 0. The molecule has 0 aromatic heterocycles. The summed E-state index contributed by atoms with van der Waals surface area (Å²) in [7, 11) is -0.100. The third-order valence-corrected chi connectivity index (χ3v) is 3.06. The van der Waals surface area contributed by atoms with Gasteiger partial charge in [0.25, 0.3) is 0 Å². The van der Waals surface area contributed by atoms with Crippen LogP contribution in [0.15, 0.2) is 12.2 Å². The molecule has 0 saturated carbocycles. The van der Waals surface area contributed by atoms with Crippen molar-refractivity contribution in [1.29, 1.82) is 0 Å². The molecule has 0 unspecified atom stereocenters. The Labute approximate surface area is 61.6 Å². The summed E-state index contributed by atoms with van der Waals surface area (Å²) in [5, 5.41) is 0. The van der Waals surface area contributed by atoms with Crippen LogP contribution in [0.4, 0.5) is 0 Å². The molecule has 0 aliphatic carbocycles. The molecule has 0 radical (unpaired) electrons. The van der Waals surface area contributed by atoms with E-state index in [1.807, 2.05) is 0 Å². The highest BCUT2D eigenvalue weighted by Crippen LogP contribution is 2.47. The lowest BCUT2D eigenvalue weighted by Crippen LogP contribution is -1.94. The lowest BCUT2D eigenvalue weighted by molar-refractivity contribution is 0.278. The average molecular weight is 164 g/mol. The van der Waals surface area contributed by atoms with Gasteiger partial charge in [-0.1, -0.05) is 12.2 Å².